The van der Waals surface area contributed by atoms with Gasteiger partial charge in [-0.2, -0.15) is 0 Å². The van der Waals surface area contributed by atoms with E-state index in [1.807, 2.05) is 104 Å². The average Bonchev–Trinajstić information content (AvgIpc) is 1.62. The number of fused-ring (bicyclic) bond motifs is 16. The van der Waals surface area contributed by atoms with E-state index in [1.165, 1.54) is 0 Å². The second kappa shape index (κ2) is 41.1. The summed E-state index contributed by atoms with van der Waals surface area (Å²) in [5, 5.41) is 19.2. The average molecular weight is 1610 g/mol. The number of aromatic nitrogens is 8. The monoisotopic (exact) mass is 1610 g/mol. The zero-order valence-electron chi connectivity index (χ0n) is 64.8. The van der Waals surface area contributed by atoms with Gasteiger partial charge < -0.3 is 58.6 Å². The number of carbonyl (C=O) groups excluding carboxylic acids is 6. The fourth-order valence-electron chi connectivity index (χ4n) is 14.0. The number of ether oxygens (including phenoxy) is 6. The van der Waals surface area contributed by atoms with E-state index in [9.17, 15) is 48.6 Å². The van der Waals surface area contributed by atoms with Crippen molar-refractivity contribution < 1.29 is 97.4 Å². The number of esters is 6. The van der Waals surface area contributed by atoms with Gasteiger partial charge in [0.25, 0.3) is 0 Å². The Labute approximate surface area is 662 Å². The number of hydrogen-bond acceptors (Lipinski definition) is 18. The Morgan fingerprint density at radius 1 is 0.306 bits per heavy atom. The van der Waals surface area contributed by atoms with Gasteiger partial charge in [0.1, 0.15) is 0 Å². The summed E-state index contributed by atoms with van der Waals surface area (Å²) in [7, 11) is 0. The van der Waals surface area contributed by atoms with Gasteiger partial charge in [0.05, 0.1) is 85.2 Å². The van der Waals surface area contributed by atoms with Crippen LogP contribution in [-0.2, 0) is 113 Å². The molecule has 4 aliphatic heterocycles. The number of allylic oxidation sites excluding steroid dienone is 8. The third-order valence-corrected chi connectivity index (χ3v) is 19.9. The first-order chi connectivity index (χ1) is 51.7. The number of aromatic amines is 2. The van der Waals surface area contributed by atoms with Crippen LogP contribution in [0.15, 0.2) is 48.5 Å². The molecule has 24 nitrogen and oxygen atoms in total. The molecule has 0 fully saturated rings. The quantitative estimate of drug-likeness (QED) is 0.0185. The van der Waals surface area contributed by atoms with Crippen molar-refractivity contribution in [3.05, 3.63) is 139 Å². The predicted octanol–water partition coefficient (Wildman–Crippen LogP) is 16.5. The Morgan fingerprint density at radius 3 is 0.838 bits per heavy atom. The Balaban J connectivity index is 0.000000337. The van der Waals surface area contributed by atoms with E-state index in [1.54, 1.807) is 41.5 Å². The predicted molar refractivity (Wildman–Crippen MR) is 428 cm³/mol. The smallest absolute Gasteiger partial charge is 0.657 e. The molecule has 16 bridgehead atoms. The molecular formula is C86H106N8O16Pd. The van der Waals surface area contributed by atoms with Crippen LogP contribution >= 0.6 is 0 Å². The molecule has 0 aromatic carbocycles. The van der Waals surface area contributed by atoms with Crippen molar-refractivity contribution in [2.24, 2.45) is 0 Å². The summed E-state index contributed by atoms with van der Waals surface area (Å²) in [6.07, 6.45) is 3.87. The molecule has 0 saturated heterocycles. The van der Waals surface area contributed by atoms with Gasteiger partial charge in [-0.3, -0.25) is 38.4 Å². The summed E-state index contributed by atoms with van der Waals surface area (Å²) in [6.45, 7) is 28.1. The van der Waals surface area contributed by atoms with Crippen LogP contribution in [0.5, 0.6) is 0 Å². The number of H-pyrrole nitrogens is 2. The number of aliphatic carboxylic acids is 2. The molecule has 25 heteroatoms. The van der Waals surface area contributed by atoms with Crippen molar-refractivity contribution in [1.82, 2.24) is 39.9 Å². The fourth-order valence-corrected chi connectivity index (χ4v) is 14.0. The van der Waals surface area contributed by atoms with Gasteiger partial charge in [-0.25, -0.2) is 19.9 Å². The Hall–Kier alpha value is -10.4. The van der Waals surface area contributed by atoms with Crippen molar-refractivity contribution in [2.75, 3.05) is 39.6 Å². The van der Waals surface area contributed by atoms with Gasteiger partial charge in [-0.15, -0.1) is 22.1 Å². The van der Waals surface area contributed by atoms with Crippen LogP contribution in [0.25, 0.3) is 88.7 Å². The summed E-state index contributed by atoms with van der Waals surface area (Å²) in [5.74, 6) is -3.62. The van der Waals surface area contributed by atoms with Crippen molar-refractivity contribution >= 4 is 136 Å². The normalized spacial score (nSPS) is 12.3. The zero-order chi connectivity index (χ0) is 78.2. The van der Waals surface area contributed by atoms with Crippen LogP contribution in [0.2, 0.25) is 0 Å². The minimum absolute atomic E-state index is 0. The fraction of sp³-hybridized carbons (Fsp3) is 0.442. The number of carboxylic acid groups (broad SMARTS) is 2. The molecular weight excluding hydrogens is 1510 g/mol. The van der Waals surface area contributed by atoms with Crippen LogP contribution in [-0.4, -0.2) is 128 Å². The van der Waals surface area contributed by atoms with Gasteiger partial charge >= 0.3 is 68.2 Å². The van der Waals surface area contributed by atoms with Gasteiger partial charge in [0, 0.05) is 73.4 Å². The molecule has 4 aliphatic rings. The van der Waals surface area contributed by atoms with Gasteiger partial charge in [0.2, 0.25) is 0 Å². The van der Waals surface area contributed by atoms with Gasteiger partial charge in [-0.1, -0.05) is 61.4 Å². The van der Waals surface area contributed by atoms with Gasteiger partial charge in [-0.05, 0) is 239 Å². The van der Waals surface area contributed by atoms with Gasteiger partial charge in [0.15, 0.2) is 0 Å². The molecule has 0 aliphatic carbocycles. The second-order valence-corrected chi connectivity index (χ2v) is 26.8. The number of hydrogen-bond donors (Lipinski definition) is 4. The summed E-state index contributed by atoms with van der Waals surface area (Å²) in [6, 6.07) is 15.4. The molecule has 10 rings (SSSR count). The first-order valence-corrected chi connectivity index (χ1v) is 37.2. The first kappa shape index (κ1) is 89.5. The number of nitrogens with one attached hydrogen (secondary N) is 2. The SMILES string of the molecule is C.C.CCOC(=O)CCC1=C(C)c2cc3[n-]c(cc4nc(cc5[n-]c(cc1n2)c(CCC(=O)O)c5C)C(C)=C4CCC(=O)OCC)c(CCC(=O)OCC)c3C.CCOC(=O)CCC1=C(C)c2cc3nc(cc4[nH]c(cc5[nH]c(cc1n2)c(CCC(=O)O)c5C)c(C)c4CCC(=O)OCC)C(CCC(=O)OCC)=C3C.[Pd+2]. The summed E-state index contributed by atoms with van der Waals surface area (Å²) in [4.78, 5) is 136. The Kier molecular flexibility index (Phi) is 33.1. The molecule has 111 heavy (non-hydrogen) atoms. The van der Waals surface area contributed by atoms with Crippen LogP contribution in [0.1, 0.15) is 251 Å². The zero-order valence-corrected chi connectivity index (χ0v) is 66.3. The minimum Gasteiger partial charge on any atom is -0.657 e. The minimum atomic E-state index is -0.918. The number of nitrogens with zero attached hydrogens (tertiary/aromatic N) is 6. The second-order valence-electron chi connectivity index (χ2n) is 26.8. The molecule has 0 unspecified atom stereocenters. The maximum absolute atomic E-state index is 12.5. The molecule has 0 radical (unpaired) electrons. The summed E-state index contributed by atoms with van der Waals surface area (Å²) < 4.78 is 31.5. The number of carbonyl (C=O) groups is 8. The number of rotatable bonds is 30. The summed E-state index contributed by atoms with van der Waals surface area (Å²) in [5.41, 5.74) is 25.1. The molecule has 0 amide bonds. The van der Waals surface area contributed by atoms with Crippen LogP contribution in [0.3, 0.4) is 0 Å². The third-order valence-electron chi connectivity index (χ3n) is 19.9. The van der Waals surface area contributed by atoms with Crippen LogP contribution in [0, 0.1) is 27.7 Å². The molecule has 0 saturated carbocycles. The van der Waals surface area contributed by atoms with E-state index < -0.39 is 11.9 Å². The van der Waals surface area contributed by atoms with Crippen LogP contribution in [0.4, 0.5) is 0 Å². The molecule has 0 spiro atoms. The van der Waals surface area contributed by atoms with Crippen molar-refractivity contribution in [3.63, 3.8) is 0 Å². The van der Waals surface area contributed by atoms with Crippen molar-refractivity contribution in [2.45, 2.75) is 215 Å². The van der Waals surface area contributed by atoms with E-state index in [2.05, 4.69) is 9.97 Å². The molecule has 0 atom stereocenters. The number of carboxylic acids is 2. The molecule has 4 N–H and O–H groups in total. The maximum Gasteiger partial charge on any atom is 2.00 e. The Bertz CT molecular complexity index is 5040. The molecule has 596 valence electrons. The van der Waals surface area contributed by atoms with Crippen molar-refractivity contribution in [1.29, 1.82) is 0 Å². The largest absolute Gasteiger partial charge is 2.00 e. The topological polar surface area (TPSA) is 344 Å². The Morgan fingerprint density at radius 2 is 0.550 bits per heavy atom. The third kappa shape index (κ3) is 22.0. The standard InChI is InChI=1S/C42H50N4O8.C42H49N4O8.2CH4.Pd/c2*1-8-52-40(49)16-12-28-24(5)33-20-34-26(7)30(14-18-42(51)54-10-3)38(46-34)22-37-29(13-17-41(50)53-9-2)25(6)32(45-37)19-31-23(4)27(11-15-39(47)48)35(43-31)21-36(28)44-33;;;/h19-22,43,45H,8-18H2,1-7H3,(H,47,48);19-22H,8-18H2,1-7H3,(H2-,43,44,45,46,47,48);2*1H4;/q;-1;;;+2/p-1. The van der Waals surface area contributed by atoms with Crippen molar-refractivity contribution in [3.8, 4) is 0 Å². The number of aryl methyl sites for hydroxylation is 8. The molecule has 6 aromatic heterocycles. The maximum atomic E-state index is 12.5. The van der Waals surface area contributed by atoms with E-state index in [4.69, 9.17) is 58.3 Å². The summed E-state index contributed by atoms with van der Waals surface area (Å²) >= 11 is 0. The molecule has 10 heterocycles. The van der Waals surface area contributed by atoms with E-state index in [0.717, 1.165) is 111 Å². The van der Waals surface area contributed by atoms with E-state index in [0.29, 0.717) is 126 Å². The first-order valence-electron chi connectivity index (χ1n) is 37.2. The van der Waals surface area contributed by atoms with E-state index >= 15 is 0 Å². The molecule has 6 aromatic rings. The van der Waals surface area contributed by atoms with Crippen LogP contribution < -0.4 is 9.97 Å². The van der Waals surface area contributed by atoms with E-state index in [-0.39, 0.29) is 155 Å².